The molecule has 1 aliphatic carbocycles. The highest BCUT2D eigenvalue weighted by Crippen LogP contribution is 2.42. The Kier molecular flexibility index (Phi) is 7.55. The Morgan fingerprint density at radius 3 is 2.19 bits per heavy atom. The molecule has 3 aromatic rings. The summed E-state index contributed by atoms with van der Waals surface area (Å²) in [5.74, 6) is 0.716. The van der Waals surface area contributed by atoms with Gasteiger partial charge < -0.3 is 4.74 Å². The molecule has 1 aliphatic rings. The van der Waals surface area contributed by atoms with Gasteiger partial charge in [0.25, 0.3) is 0 Å². The molecule has 0 radical (unpaired) electrons. The van der Waals surface area contributed by atoms with E-state index in [4.69, 9.17) is 4.74 Å². The minimum atomic E-state index is -0.0761. The molecule has 2 heteroatoms. The highest BCUT2D eigenvalue weighted by atomic mass is 19.1. The maximum atomic E-state index is 15.9. The zero-order chi connectivity index (χ0) is 22.3. The van der Waals surface area contributed by atoms with Crippen LogP contribution in [0.5, 0.6) is 0 Å². The topological polar surface area (TPSA) is 9.23 Å². The van der Waals surface area contributed by atoms with Gasteiger partial charge in [-0.25, -0.2) is 4.39 Å². The first-order valence-electron chi connectivity index (χ1n) is 11.9. The number of halogens is 1. The summed E-state index contributed by atoms with van der Waals surface area (Å²) in [7, 11) is 0. The normalized spacial score (nSPS) is 18.4. The van der Waals surface area contributed by atoms with Gasteiger partial charge in [-0.3, -0.25) is 0 Å². The van der Waals surface area contributed by atoms with E-state index in [1.807, 2.05) is 12.1 Å². The van der Waals surface area contributed by atoms with Crippen LogP contribution in [0.2, 0.25) is 0 Å². The highest BCUT2D eigenvalue weighted by Gasteiger charge is 2.27. The zero-order valence-electron chi connectivity index (χ0n) is 19.0. The smallest absolute Gasteiger partial charge is 0.132 e. The van der Waals surface area contributed by atoms with Crippen LogP contribution in [-0.4, -0.2) is 6.61 Å². The van der Waals surface area contributed by atoms with Crippen molar-refractivity contribution >= 4 is 0 Å². The lowest BCUT2D eigenvalue weighted by molar-refractivity contribution is 0.119. The lowest BCUT2D eigenvalue weighted by Crippen LogP contribution is -2.15. The van der Waals surface area contributed by atoms with Crippen LogP contribution in [0.3, 0.4) is 0 Å². The summed E-state index contributed by atoms with van der Waals surface area (Å²) < 4.78 is 21.5. The third kappa shape index (κ3) is 5.02. The summed E-state index contributed by atoms with van der Waals surface area (Å²) in [6, 6.07) is 22.9. The van der Waals surface area contributed by atoms with Gasteiger partial charge >= 0.3 is 0 Å². The first-order valence-corrected chi connectivity index (χ1v) is 11.9. The van der Waals surface area contributed by atoms with Gasteiger partial charge in [-0.05, 0) is 71.8 Å². The van der Waals surface area contributed by atoms with E-state index in [9.17, 15) is 0 Å². The van der Waals surface area contributed by atoms with E-state index >= 15 is 4.39 Å². The Labute approximate surface area is 192 Å². The van der Waals surface area contributed by atoms with Crippen LogP contribution in [0, 0.1) is 11.7 Å². The molecule has 0 aliphatic heterocycles. The van der Waals surface area contributed by atoms with E-state index in [1.54, 1.807) is 0 Å². The molecular weight excluding hydrogens is 395 g/mol. The second-order valence-corrected chi connectivity index (χ2v) is 8.84. The van der Waals surface area contributed by atoms with E-state index in [0.29, 0.717) is 24.7 Å². The van der Waals surface area contributed by atoms with E-state index in [2.05, 4.69) is 74.2 Å². The van der Waals surface area contributed by atoms with Crippen LogP contribution in [0.1, 0.15) is 56.1 Å². The van der Waals surface area contributed by atoms with Crippen molar-refractivity contribution in [3.63, 3.8) is 0 Å². The van der Waals surface area contributed by atoms with Gasteiger partial charge in [-0.2, -0.15) is 0 Å². The Morgan fingerprint density at radius 2 is 1.53 bits per heavy atom. The van der Waals surface area contributed by atoms with Crippen LogP contribution in [0.15, 0.2) is 79.4 Å². The molecule has 0 N–H and O–H groups in total. The molecule has 0 spiro atoms. The van der Waals surface area contributed by atoms with Gasteiger partial charge in [0.05, 0.1) is 6.61 Å². The molecule has 166 valence electrons. The second kappa shape index (κ2) is 10.7. The molecule has 1 nitrogen and oxygen atoms in total. The second-order valence-electron chi connectivity index (χ2n) is 8.84. The molecule has 3 aromatic carbocycles. The number of allylic oxidation sites excluding steroid dienone is 1. The third-order valence-electron chi connectivity index (χ3n) is 6.68. The van der Waals surface area contributed by atoms with E-state index in [1.165, 1.54) is 11.1 Å². The predicted molar refractivity (Wildman–Crippen MR) is 132 cm³/mol. The van der Waals surface area contributed by atoms with Gasteiger partial charge in [-0.1, -0.05) is 79.7 Å². The van der Waals surface area contributed by atoms with Crippen molar-refractivity contribution in [2.75, 3.05) is 6.61 Å². The summed E-state index contributed by atoms with van der Waals surface area (Å²) in [5, 5.41) is 0. The van der Waals surface area contributed by atoms with Gasteiger partial charge in [0.1, 0.15) is 5.82 Å². The Balaban J connectivity index is 1.69. The molecule has 0 unspecified atom stereocenters. The van der Waals surface area contributed by atoms with Crippen molar-refractivity contribution in [3.05, 3.63) is 96.3 Å². The summed E-state index contributed by atoms with van der Waals surface area (Å²) in [5.41, 5.74) is 6.00. The van der Waals surface area contributed by atoms with Gasteiger partial charge in [-0.15, -0.1) is 6.58 Å². The average Bonchev–Trinajstić information content (AvgIpc) is 2.86. The zero-order valence-corrected chi connectivity index (χ0v) is 19.0. The van der Waals surface area contributed by atoms with Crippen molar-refractivity contribution in [2.24, 2.45) is 5.92 Å². The maximum absolute atomic E-state index is 15.9. The molecule has 0 heterocycles. The first kappa shape index (κ1) is 22.5. The fraction of sp³-hybridized carbons (Fsp3) is 0.333. The Hall–Kier alpha value is -2.71. The molecule has 0 saturated heterocycles. The minimum Gasteiger partial charge on any atom is -0.377 e. The van der Waals surface area contributed by atoms with E-state index in [0.717, 1.165) is 48.8 Å². The van der Waals surface area contributed by atoms with Crippen LogP contribution >= 0.6 is 0 Å². The number of rotatable bonds is 8. The largest absolute Gasteiger partial charge is 0.377 e. The maximum Gasteiger partial charge on any atom is 0.132 e. The fourth-order valence-corrected chi connectivity index (χ4v) is 4.84. The fourth-order valence-electron chi connectivity index (χ4n) is 4.84. The average molecular weight is 429 g/mol. The summed E-state index contributed by atoms with van der Waals surface area (Å²) in [4.78, 5) is 0. The van der Waals surface area contributed by atoms with Crippen molar-refractivity contribution in [1.29, 1.82) is 0 Å². The quantitative estimate of drug-likeness (QED) is 0.258. The molecule has 0 bridgehead atoms. The van der Waals surface area contributed by atoms with Crippen LogP contribution < -0.4 is 0 Å². The van der Waals surface area contributed by atoms with Crippen LogP contribution in [-0.2, 0) is 11.3 Å². The molecule has 1 fully saturated rings. The molecule has 4 rings (SSSR count). The number of benzene rings is 3. The SMILES string of the molecule is C=CC1CCC(c2c(-c3ccc(-c4ccccc4)cc3)ccc(COCCC)c2F)CC1. The standard InChI is InChI=1S/C30H33FO/c1-3-20-32-21-27-18-19-28(29(30(27)31)26-12-10-22(4-2)11-13-26)25-16-14-24(15-17-25)23-8-6-5-7-9-23/h4-9,14-19,22,26H,2-3,10-13,20-21H2,1H3. The third-order valence-corrected chi connectivity index (χ3v) is 6.68. The first-order chi connectivity index (χ1) is 15.7. The van der Waals surface area contributed by atoms with Gasteiger partial charge in [0, 0.05) is 12.2 Å². The van der Waals surface area contributed by atoms with E-state index in [-0.39, 0.29) is 11.7 Å². The van der Waals surface area contributed by atoms with Gasteiger partial charge in [0.2, 0.25) is 0 Å². The molecule has 0 aromatic heterocycles. The molecule has 0 atom stereocenters. The predicted octanol–water partition coefficient (Wildman–Crippen LogP) is 8.55. The Bertz CT molecular complexity index is 1010. The molecule has 32 heavy (non-hydrogen) atoms. The lowest BCUT2D eigenvalue weighted by atomic mass is 9.76. The highest BCUT2D eigenvalue weighted by molar-refractivity contribution is 5.73. The van der Waals surface area contributed by atoms with Crippen molar-refractivity contribution in [3.8, 4) is 22.3 Å². The summed E-state index contributed by atoms with van der Waals surface area (Å²) >= 11 is 0. The van der Waals surface area contributed by atoms with Crippen molar-refractivity contribution in [1.82, 2.24) is 0 Å². The Morgan fingerprint density at radius 1 is 0.875 bits per heavy atom. The summed E-state index contributed by atoms with van der Waals surface area (Å²) in [6.45, 7) is 7.02. The number of ether oxygens (including phenoxy) is 1. The molecule has 1 saturated carbocycles. The summed E-state index contributed by atoms with van der Waals surface area (Å²) in [6.07, 6.45) is 7.16. The number of hydrogen-bond donors (Lipinski definition) is 0. The molecular formula is C30H33FO. The van der Waals surface area contributed by atoms with Crippen molar-refractivity contribution in [2.45, 2.75) is 51.6 Å². The van der Waals surface area contributed by atoms with Crippen molar-refractivity contribution < 1.29 is 9.13 Å². The minimum absolute atomic E-state index is 0.0761. The lowest BCUT2D eigenvalue weighted by Gasteiger charge is -2.29. The van der Waals surface area contributed by atoms with Gasteiger partial charge in [0.15, 0.2) is 0 Å². The molecule has 0 amide bonds. The monoisotopic (exact) mass is 428 g/mol. The van der Waals surface area contributed by atoms with E-state index < -0.39 is 0 Å². The van der Waals surface area contributed by atoms with Crippen LogP contribution in [0.4, 0.5) is 4.39 Å². The number of hydrogen-bond acceptors (Lipinski definition) is 1. The van der Waals surface area contributed by atoms with Crippen LogP contribution in [0.25, 0.3) is 22.3 Å².